The number of hydrogen-bond acceptors (Lipinski definition) is 3. The first-order valence-electron chi connectivity index (χ1n) is 8.20. The van der Waals surface area contributed by atoms with Gasteiger partial charge in [0.1, 0.15) is 5.82 Å². The average Bonchev–Trinajstić information content (AvgIpc) is 2.90. The SMILES string of the molecule is CCN1CCCCC1Cc1ncc2n1CC(CO)CC2. The van der Waals surface area contributed by atoms with Crippen molar-refractivity contribution < 1.29 is 5.11 Å². The molecule has 1 saturated heterocycles. The van der Waals surface area contributed by atoms with Gasteiger partial charge in [-0.15, -0.1) is 0 Å². The minimum Gasteiger partial charge on any atom is -0.396 e. The van der Waals surface area contributed by atoms with Crippen LogP contribution in [0.3, 0.4) is 0 Å². The summed E-state index contributed by atoms with van der Waals surface area (Å²) in [5.41, 5.74) is 1.36. The molecule has 3 heterocycles. The van der Waals surface area contributed by atoms with Crippen molar-refractivity contribution in [2.75, 3.05) is 19.7 Å². The molecule has 1 N–H and O–H groups in total. The molecule has 0 amide bonds. The first-order valence-corrected chi connectivity index (χ1v) is 8.20. The molecule has 0 saturated carbocycles. The lowest BCUT2D eigenvalue weighted by Gasteiger charge is -2.35. The second-order valence-corrected chi connectivity index (χ2v) is 6.35. The summed E-state index contributed by atoms with van der Waals surface area (Å²) in [6.45, 7) is 5.92. The van der Waals surface area contributed by atoms with E-state index in [1.54, 1.807) is 0 Å². The topological polar surface area (TPSA) is 41.3 Å². The zero-order chi connectivity index (χ0) is 13.9. The molecular formula is C16H27N3O. The number of hydrogen-bond donors (Lipinski definition) is 1. The molecule has 4 heteroatoms. The van der Waals surface area contributed by atoms with Crippen LogP contribution in [0.25, 0.3) is 0 Å². The van der Waals surface area contributed by atoms with Gasteiger partial charge in [0.25, 0.3) is 0 Å². The monoisotopic (exact) mass is 277 g/mol. The van der Waals surface area contributed by atoms with Crippen molar-refractivity contribution in [3.8, 4) is 0 Å². The lowest BCUT2D eigenvalue weighted by molar-refractivity contribution is 0.150. The van der Waals surface area contributed by atoms with Crippen molar-refractivity contribution in [3.63, 3.8) is 0 Å². The Hall–Kier alpha value is -0.870. The molecule has 20 heavy (non-hydrogen) atoms. The Kier molecular flexibility index (Phi) is 4.41. The van der Waals surface area contributed by atoms with Gasteiger partial charge in [0.15, 0.2) is 0 Å². The molecule has 4 nitrogen and oxygen atoms in total. The second kappa shape index (κ2) is 6.27. The summed E-state index contributed by atoms with van der Waals surface area (Å²) < 4.78 is 2.38. The standard InChI is InChI=1S/C16H27N3O/c1-2-18-8-4-3-5-14(18)9-16-17-10-15-7-6-13(12-20)11-19(15)16/h10,13-14,20H,2-9,11-12H2,1H3. The molecule has 2 unspecified atom stereocenters. The van der Waals surface area contributed by atoms with Crippen molar-refractivity contribution in [2.45, 2.75) is 58.0 Å². The third-order valence-electron chi connectivity index (χ3n) is 5.10. The maximum Gasteiger partial charge on any atom is 0.110 e. The molecule has 3 rings (SSSR count). The van der Waals surface area contributed by atoms with Gasteiger partial charge >= 0.3 is 0 Å². The molecule has 1 fully saturated rings. The van der Waals surface area contributed by atoms with Crippen molar-refractivity contribution in [1.82, 2.24) is 14.5 Å². The highest BCUT2D eigenvalue weighted by Gasteiger charge is 2.26. The predicted octanol–water partition coefficient (Wildman–Crippen LogP) is 1.85. The van der Waals surface area contributed by atoms with Gasteiger partial charge in [0, 0.05) is 43.4 Å². The minimum atomic E-state index is 0.307. The predicted molar refractivity (Wildman–Crippen MR) is 79.7 cm³/mol. The number of nitrogens with zero attached hydrogens (tertiary/aromatic N) is 3. The Morgan fingerprint density at radius 3 is 3.05 bits per heavy atom. The van der Waals surface area contributed by atoms with Crippen molar-refractivity contribution in [2.24, 2.45) is 5.92 Å². The van der Waals surface area contributed by atoms with E-state index in [0.717, 1.165) is 32.4 Å². The number of aliphatic hydroxyl groups is 1. The third kappa shape index (κ3) is 2.77. The van der Waals surface area contributed by atoms with Crippen LogP contribution in [0.4, 0.5) is 0 Å². The number of imidazole rings is 1. The van der Waals surface area contributed by atoms with Crippen LogP contribution in [-0.2, 0) is 19.4 Å². The van der Waals surface area contributed by atoms with E-state index in [0.29, 0.717) is 18.6 Å². The van der Waals surface area contributed by atoms with E-state index >= 15 is 0 Å². The third-order valence-corrected chi connectivity index (χ3v) is 5.10. The summed E-state index contributed by atoms with van der Waals surface area (Å²) in [4.78, 5) is 7.29. The fraction of sp³-hybridized carbons (Fsp3) is 0.812. The fourth-order valence-corrected chi connectivity index (χ4v) is 3.81. The normalized spacial score (nSPS) is 27.5. The highest BCUT2D eigenvalue weighted by molar-refractivity contribution is 5.10. The molecule has 0 aromatic carbocycles. The first-order chi connectivity index (χ1) is 9.81. The summed E-state index contributed by atoms with van der Waals surface area (Å²) >= 11 is 0. The van der Waals surface area contributed by atoms with Crippen LogP contribution in [-0.4, -0.2) is 45.3 Å². The molecule has 112 valence electrons. The number of likely N-dealkylation sites (N-methyl/N-ethyl adjacent to an activating group) is 1. The number of piperidine rings is 1. The fourth-order valence-electron chi connectivity index (χ4n) is 3.81. The Labute approximate surface area is 121 Å². The molecule has 1 aromatic rings. The largest absolute Gasteiger partial charge is 0.396 e. The Morgan fingerprint density at radius 2 is 2.25 bits per heavy atom. The highest BCUT2D eigenvalue weighted by atomic mass is 16.3. The number of fused-ring (bicyclic) bond motifs is 1. The Morgan fingerprint density at radius 1 is 1.35 bits per heavy atom. The summed E-state index contributed by atoms with van der Waals surface area (Å²) in [6, 6.07) is 0.662. The van der Waals surface area contributed by atoms with E-state index in [1.165, 1.54) is 37.3 Å². The molecule has 0 aliphatic carbocycles. The smallest absolute Gasteiger partial charge is 0.110 e. The van der Waals surface area contributed by atoms with Crippen LogP contribution < -0.4 is 0 Å². The minimum absolute atomic E-state index is 0.307. The van der Waals surface area contributed by atoms with E-state index in [2.05, 4.69) is 27.6 Å². The molecular weight excluding hydrogens is 250 g/mol. The summed E-state index contributed by atoms with van der Waals surface area (Å²) in [5, 5.41) is 9.40. The van der Waals surface area contributed by atoms with Crippen molar-refractivity contribution >= 4 is 0 Å². The number of rotatable bonds is 4. The lowest BCUT2D eigenvalue weighted by atomic mass is 9.97. The van der Waals surface area contributed by atoms with E-state index in [-0.39, 0.29) is 0 Å². The quantitative estimate of drug-likeness (QED) is 0.913. The molecule has 1 aromatic heterocycles. The number of aryl methyl sites for hydroxylation is 1. The molecule has 0 bridgehead atoms. The average molecular weight is 277 g/mol. The van der Waals surface area contributed by atoms with Crippen molar-refractivity contribution in [3.05, 3.63) is 17.7 Å². The van der Waals surface area contributed by atoms with Crippen molar-refractivity contribution in [1.29, 1.82) is 0 Å². The maximum atomic E-state index is 9.40. The van der Waals surface area contributed by atoms with Gasteiger partial charge in [-0.25, -0.2) is 4.98 Å². The van der Waals surface area contributed by atoms with Gasteiger partial charge < -0.3 is 14.6 Å². The number of aliphatic hydroxyl groups excluding tert-OH is 1. The van der Waals surface area contributed by atoms with Crippen LogP contribution in [0.1, 0.15) is 44.1 Å². The van der Waals surface area contributed by atoms with Crippen LogP contribution in [0.5, 0.6) is 0 Å². The number of aromatic nitrogens is 2. The zero-order valence-corrected chi connectivity index (χ0v) is 12.6. The van der Waals surface area contributed by atoms with Gasteiger partial charge in [-0.1, -0.05) is 13.3 Å². The number of likely N-dealkylation sites (tertiary alicyclic amines) is 1. The van der Waals surface area contributed by atoms with Gasteiger partial charge in [-0.2, -0.15) is 0 Å². The molecule has 0 spiro atoms. The molecule has 2 aliphatic rings. The van der Waals surface area contributed by atoms with Crippen LogP contribution in [0.2, 0.25) is 0 Å². The lowest BCUT2D eigenvalue weighted by Crippen LogP contribution is -2.41. The highest BCUT2D eigenvalue weighted by Crippen LogP contribution is 2.25. The van der Waals surface area contributed by atoms with Gasteiger partial charge in [0.2, 0.25) is 0 Å². The Bertz CT molecular complexity index is 443. The van der Waals surface area contributed by atoms with E-state index in [4.69, 9.17) is 0 Å². The summed E-state index contributed by atoms with van der Waals surface area (Å²) in [6.07, 6.45) is 9.31. The maximum absolute atomic E-state index is 9.40. The molecule has 2 aliphatic heterocycles. The van der Waals surface area contributed by atoms with Gasteiger partial charge in [-0.3, -0.25) is 0 Å². The first kappa shape index (κ1) is 14.1. The van der Waals surface area contributed by atoms with Crippen LogP contribution in [0.15, 0.2) is 6.20 Å². The summed E-state index contributed by atoms with van der Waals surface area (Å²) in [7, 11) is 0. The van der Waals surface area contributed by atoms with Crippen LogP contribution >= 0.6 is 0 Å². The van der Waals surface area contributed by atoms with Gasteiger partial charge in [-0.05, 0) is 38.8 Å². The van der Waals surface area contributed by atoms with Crippen LogP contribution in [0, 0.1) is 5.92 Å². The van der Waals surface area contributed by atoms with E-state index in [1.807, 2.05) is 0 Å². The van der Waals surface area contributed by atoms with E-state index in [9.17, 15) is 5.11 Å². The van der Waals surface area contributed by atoms with E-state index < -0.39 is 0 Å². The second-order valence-electron chi connectivity index (χ2n) is 6.35. The zero-order valence-electron chi connectivity index (χ0n) is 12.6. The Balaban J connectivity index is 1.73. The van der Waals surface area contributed by atoms with Gasteiger partial charge in [0.05, 0.1) is 0 Å². The summed E-state index contributed by atoms with van der Waals surface area (Å²) in [5.74, 6) is 1.66. The molecule has 0 radical (unpaired) electrons. The molecule has 2 atom stereocenters.